The first kappa shape index (κ1) is 15.0. The molecule has 1 aliphatic rings. The molecule has 0 radical (unpaired) electrons. The molecule has 0 unspecified atom stereocenters. The molecule has 4 rings (SSSR count). The third-order valence-corrected chi connectivity index (χ3v) is 4.70. The standard InChI is InChI=1S/C18H13FN2O2S/c19-14-4-1-11(2-5-14)18-21-16(10-24-18)17(22)20-15-6-3-12-8-23-9-13(12)7-15/h1-7,10H,8-9H2,(H,20,22). The number of hydrogen-bond acceptors (Lipinski definition) is 4. The van der Waals surface area contributed by atoms with Gasteiger partial charge in [0.25, 0.3) is 5.91 Å². The predicted molar refractivity (Wildman–Crippen MR) is 90.4 cm³/mol. The summed E-state index contributed by atoms with van der Waals surface area (Å²) < 4.78 is 18.4. The van der Waals surface area contributed by atoms with Crippen LogP contribution in [0.15, 0.2) is 47.8 Å². The van der Waals surface area contributed by atoms with Gasteiger partial charge in [0, 0.05) is 16.6 Å². The molecular formula is C18H13FN2O2S. The van der Waals surface area contributed by atoms with Crippen LogP contribution in [0, 0.1) is 5.82 Å². The van der Waals surface area contributed by atoms with Crippen molar-refractivity contribution in [2.75, 3.05) is 5.32 Å². The number of nitrogens with zero attached hydrogens (tertiary/aromatic N) is 1. The van der Waals surface area contributed by atoms with E-state index in [1.807, 2.05) is 18.2 Å². The van der Waals surface area contributed by atoms with Gasteiger partial charge in [0.1, 0.15) is 16.5 Å². The van der Waals surface area contributed by atoms with Crippen LogP contribution in [0.1, 0.15) is 21.6 Å². The number of thiazole rings is 1. The van der Waals surface area contributed by atoms with Crippen LogP contribution in [0.5, 0.6) is 0 Å². The lowest BCUT2D eigenvalue weighted by molar-refractivity contribution is 0.102. The Balaban J connectivity index is 1.52. The lowest BCUT2D eigenvalue weighted by Crippen LogP contribution is -2.12. The number of hydrogen-bond donors (Lipinski definition) is 1. The Bertz CT molecular complexity index is 906. The summed E-state index contributed by atoms with van der Waals surface area (Å²) in [5.41, 5.74) is 4.10. The first-order chi connectivity index (χ1) is 11.7. The van der Waals surface area contributed by atoms with Crippen molar-refractivity contribution < 1.29 is 13.9 Å². The van der Waals surface area contributed by atoms with E-state index in [4.69, 9.17) is 4.74 Å². The molecular weight excluding hydrogens is 327 g/mol. The van der Waals surface area contributed by atoms with Crippen molar-refractivity contribution in [3.8, 4) is 10.6 Å². The molecule has 1 aromatic heterocycles. The molecule has 0 saturated heterocycles. The van der Waals surface area contributed by atoms with Crippen LogP contribution >= 0.6 is 11.3 Å². The summed E-state index contributed by atoms with van der Waals surface area (Å²) in [5.74, 6) is -0.563. The van der Waals surface area contributed by atoms with E-state index in [0.717, 1.165) is 22.4 Å². The highest BCUT2D eigenvalue weighted by molar-refractivity contribution is 7.13. The minimum Gasteiger partial charge on any atom is -0.372 e. The minimum atomic E-state index is -0.297. The molecule has 1 N–H and O–H groups in total. The second-order valence-electron chi connectivity index (χ2n) is 5.48. The second-order valence-corrected chi connectivity index (χ2v) is 6.33. The number of amides is 1. The van der Waals surface area contributed by atoms with Gasteiger partial charge in [-0.15, -0.1) is 11.3 Å². The lowest BCUT2D eigenvalue weighted by Gasteiger charge is -2.05. The monoisotopic (exact) mass is 340 g/mol. The molecule has 3 aromatic rings. The van der Waals surface area contributed by atoms with Crippen LogP contribution in [-0.4, -0.2) is 10.9 Å². The maximum atomic E-state index is 13.0. The highest BCUT2D eigenvalue weighted by Gasteiger charge is 2.15. The Kier molecular flexibility index (Phi) is 3.84. The summed E-state index contributed by atoms with van der Waals surface area (Å²) >= 11 is 1.35. The van der Waals surface area contributed by atoms with Gasteiger partial charge in [0.05, 0.1) is 13.2 Å². The van der Waals surface area contributed by atoms with Crippen molar-refractivity contribution in [3.63, 3.8) is 0 Å². The van der Waals surface area contributed by atoms with Crippen LogP contribution in [0.25, 0.3) is 10.6 Å². The first-order valence-electron chi connectivity index (χ1n) is 7.41. The second kappa shape index (κ2) is 6.14. The zero-order valence-electron chi connectivity index (χ0n) is 12.6. The molecule has 0 saturated carbocycles. The van der Waals surface area contributed by atoms with Crippen molar-refractivity contribution in [1.82, 2.24) is 4.98 Å². The summed E-state index contributed by atoms with van der Waals surface area (Å²) in [4.78, 5) is 16.7. The van der Waals surface area contributed by atoms with Crippen LogP contribution in [-0.2, 0) is 18.0 Å². The third kappa shape index (κ3) is 2.93. The van der Waals surface area contributed by atoms with Gasteiger partial charge in [-0.2, -0.15) is 0 Å². The van der Waals surface area contributed by atoms with E-state index in [2.05, 4.69) is 10.3 Å². The van der Waals surface area contributed by atoms with Crippen molar-refractivity contribution in [2.45, 2.75) is 13.2 Å². The zero-order chi connectivity index (χ0) is 16.5. The number of benzene rings is 2. The molecule has 0 aliphatic carbocycles. The quantitative estimate of drug-likeness (QED) is 0.776. The number of fused-ring (bicyclic) bond motifs is 1. The van der Waals surface area contributed by atoms with Crippen LogP contribution in [0.3, 0.4) is 0 Å². The van der Waals surface area contributed by atoms with E-state index in [1.54, 1.807) is 17.5 Å². The lowest BCUT2D eigenvalue weighted by atomic mass is 10.1. The highest BCUT2D eigenvalue weighted by atomic mass is 32.1. The van der Waals surface area contributed by atoms with E-state index in [-0.39, 0.29) is 11.7 Å². The molecule has 1 amide bonds. The number of rotatable bonds is 3. The van der Waals surface area contributed by atoms with Gasteiger partial charge in [0.2, 0.25) is 0 Å². The van der Waals surface area contributed by atoms with Crippen LogP contribution < -0.4 is 5.32 Å². The van der Waals surface area contributed by atoms with Gasteiger partial charge < -0.3 is 10.1 Å². The average molecular weight is 340 g/mol. The summed E-state index contributed by atoms with van der Waals surface area (Å²) in [6.45, 7) is 1.20. The molecule has 0 atom stereocenters. The minimum absolute atomic E-state index is 0.265. The molecule has 24 heavy (non-hydrogen) atoms. The zero-order valence-corrected chi connectivity index (χ0v) is 13.4. The number of nitrogens with one attached hydrogen (secondary N) is 1. The Morgan fingerprint density at radius 2 is 1.92 bits per heavy atom. The fourth-order valence-electron chi connectivity index (χ4n) is 2.55. The number of carbonyl (C=O) groups excluding carboxylic acids is 1. The average Bonchev–Trinajstić information content (AvgIpc) is 3.24. The Morgan fingerprint density at radius 1 is 1.12 bits per heavy atom. The van der Waals surface area contributed by atoms with Crippen LogP contribution in [0.4, 0.5) is 10.1 Å². The van der Waals surface area contributed by atoms with Crippen molar-refractivity contribution in [3.05, 3.63) is 70.5 Å². The Hall–Kier alpha value is -2.57. The van der Waals surface area contributed by atoms with Gasteiger partial charge in [-0.1, -0.05) is 6.07 Å². The van der Waals surface area contributed by atoms with E-state index in [9.17, 15) is 9.18 Å². The summed E-state index contributed by atoms with van der Waals surface area (Å²) in [5, 5.41) is 5.23. The smallest absolute Gasteiger partial charge is 0.275 e. The fraction of sp³-hybridized carbons (Fsp3) is 0.111. The van der Waals surface area contributed by atoms with Gasteiger partial charge >= 0.3 is 0 Å². The van der Waals surface area contributed by atoms with Crippen molar-refractivity contribution >= 4 is 22.9 Å². The Morgan fingerprint density at radius 3 is 2.75 bits per heavy atom. The largest absolute Gasteiger partial charge is 0.372 e. The topological polar surface area (TPSA) is 51.2 Å². The molecule has 2 aromatic carbocycles. The molecule has 0 fully saturated rings. The summed E-state index contributed by atoms with van der Waals surface area (Å²) in [6.07, 6.45) is 0. The number of anilines is 1. The van der Waals surface area contributed by atoms with Crippen molar-refractivity contribution in [1.29, 1.82) is 0 Å². The van der Waals surface area contributed by atoms with E-state index in [0.29, 0.717) is 23.9 Å². The van der Waals surface area contributed by atoms with Crippen LogP contribution in [0.2, 0.25) is 0 Å². The molecule has 120 valence electrons. The van der Waals surface area contributed by atoms with E-state index >= 15 is 0 Å². The predicted octanol–water partition coefficient (Wildman–Crippen LogP) is 4.23. The molecule has 6 heteroatoms. The molecule has 0 bridgehead atoms. The SMILES string of the molecule is O=C(Nc1ccc2c(c1)COC2)c1csc(-c2ccc(F)cc2)n1. The summed E-state index contributed by atoms with van der Waals surface area (Å²) in [6, 6.07) is 11.8. The maximum absolute atomic E-state index is 13.0. The number of carbonyl (C=O) groups is 1. The third-order valence-electron chi connectivity index (χ3n) is 3.81. The number of ether oxygens (including phenoxy) is 1. The fourth-order valence-corrected chi connectivity index (χ4v) is 3.35. The maximum Gasteiger partial charge on any atom is 0.275 e. The normalized spacial score (nSPS) is 12.9. The Labute approximate surface area is 141 Å². The summed E-state index contributed by atoms with van der Waals surface area (Å²) in [7, 11) is 0. The first-order valence-corrected chi connectivity index (χ1v) is 8.29. The van der Waals surface area contributed by atoms with E-state index < -0.39 is 0 Å². The molecule has 2 heterocycles. The highest BCUT2D eigenvalue weighted by Crippen LogP contribution is 2.26. The van der Waals surface area contributed by atoms with Crippen molar-refractivity contribution in [2.24, 2.45) is 0 Å². The molecule has 4 nitrogen and oxygen atoms in total. The van der Waals surface area contributed by atoms with Gasteiger partial charge in [-0.3, -0.25) is 4.79 Å². The molecule has 1 aliphatic heterocycles. The number of halogens is 1. The number of aromatic nitrogens is 1. The van der Waals surface area contributed by atoms with E-state index in [1.165, 1.54) is 23.5 Å². The van der Waals surface area contributed by atoms with Gasteiger partial charge in [-0.05, 0) is 47.5 Å². The van der Waals surface area contributed by atoms with Gasteiger partial charge in [-0.25, -0.2) is 9.37 Å². The van der Waals surface area contributed by atoms with Gasteiger partial charge in [0.15, 0.2) is 0 Å². The molecule has 0 spiro atoms.